The highest BCUT2D eigenvalue weighted by atomic mass is 28.3. The van der Waals surface area contributed by atoms with Gasteiger partial charge in [-0.3, -0.25) is 4.90 Å². The molecule has 2 nitrogen and oxygen atoms in total. The van der Waals surface area contributed by atoms with Gasteiger partial charge in [-0.05, 0) is 26.8 Å². The van der Waals surface area contributed by atoms with Crippen LogP contribution >= 0.6 is 0 Å². The van der Waals surface area contributed by atoms with Crippen molar-refractivity contribution in [2.24, 2.45) is 0 Å². The second kappa shape index (κ2) is 5.88. The predicted octanol–water partition coefficient (Wildman–Crippen LogP) is 2.88. The van der Waals surface area contributed by atoms with Gasteiger partial charge in [0.2, 0.25) is 0 Å². The van der Waals surface area contributed by atoms with Gasteiger partial charge in [0.1, 0.15) is 8.24 Å². The largest absolute Gasteiger partial charge is 0.323 e. The summed E-state index contributed by atoms with van der Waals surface area (Å²) in [5, 5.41) is 0. The molecule has 0 fully saturated rings. The summed E-state index contributed by atoms with van der Waals surface area (Å²) in [6.45, 7) is 17.3. The Morgan fingerprint density at radius 3 is 1.86 bits per heavy atom. The van der Waals surface area contributed by atoms with E-state index in [4.69, 9.17) is 0 Å². The van der Waals surface area contributed by atoms with Gasteiger partial charge >= 0.3 is 0 Å². The molecule has 86 valence electrons. The topological polar surface area (TPSA) is 15.3 Å². The zero-order chi connectivity index (χ0) is 11.4. The molecule has 0 aliphatic rings. The second-order valence-electron chi connectivity index (χ2n) is 5.24. The van der Waals surface area contributed by atoms with Crippen LogP contribution < -0.4 is 4.98 Å². The van der Waals surface area contributed by atoms with Crippen LogP contribution in [0.4, 0.5) is 0 Å². The van der Waals surface area contributed by atoms with E-state index >= 15 is 0 Å². The van der Waals surface area contributed by atoms with Gasteiger partial charge in [0.25, 0.3) is 0 Å². The van der Waals surface area contributed by atoms with Crippen molar-refractivity contribution < 1.29 is 0 Å². The van der Waals surface area contributed by atoms with Gasteiger partial charge in [-0.1, -0.05) is 33.5 Å². The molecule has 0 saturated heterocycles. The number of hydrogen-bond acceptors (Lipinski definition) is 2. The van der Waals surface area contributed by atoms with Gasteiger partial charge < -0.3 is 4.98 Å². The van der Waals surface area contributed by atoms with Crippen LogP contribution in [0.3, 0.4) is 0 Å². The van der Waals surface area contributed by atoms with Gasteiger partial charge in [0.15, 0.2) is 0 Å². The first kappa shape index (κ1) is 14.1. The fourth-order valence-electron chi connectivity index (χ4n) is 1.86. The van der Waals surface area contributed by atoms with E-state index in [1.165, 1.54) is 6.42 Å². The van der Waals surface area contributed by atoms with Crippen LogP contribution in [-0.2, 0) is 0 Å². The van der Waals surface area contributed by atoms with Gasteiger partial charge in [-0.25, -0.2) is 0 Å². The summed E-state index contributed by atoms with van der Waals surface area (Å²) >= 11 is 0. The van der Waals surface area contributed by atoms with Crippen molar-refractivity contribution in [1.29, 1.82) is 0 Å². The summed E-state index contributed by atoms with van der Waals surface area (Å²) in [7, 11) is -1.16. The fourth-order valence-corrected chi connectivity index (χ4v) is 3.23. The van der Waals surface area contributed by atoms with E-state index in [0.717, 1.165) is 6.54 Å². The lowest BCUT2D eigenvalue weighted by molar-refractivity contribution is 0.146. The molecule has 0 aromatic carbocycles. The molecule has 0 aliphatic heterocycles. The average Bonchev–Trinajstić information content (AvgIpc) is 2.00. The second-order valence-corrected chi connectivity index (χ2v) is 10.0. The van der Waals surface area contributed by atoms with Crippen LogP contribution in [0, 0.1) is 0 Å². The normalized spacial score (nSPS) is 15.2. The van der Waals surface area contributed by atoms with Gasteiger partial charge in [-0.15, -0.1) is 0 Å². The quantitative estimate of drug-likeness (QED) is 0.542. The molecule has 3 heteroatoms. The van der Waals surface area contributed by atoms with Crippen molar-refractivity contribution in [2.45, 2.75) is 66.0 Å². The molecule has 0 amide bonds. The highest BCUT2D eigenvalue weighted by Gasteiger charge is 2.23. The van der Waals surface area contributed by atoms with Crippen molar-refractivity contribution in [3.8, 4) is 0 Å². The summed E-state index contributed by atoms with van der Waals surface area (Å²) in [4.78, 5) is 6.34. The van der Waals surface area contributed by atoms with E-state index in [-0.39, 0.29) is 0 Å². The molecule has 1 atom stereocenters. The Labute approximate surface area is 91.2 Å². The van der Waals surface area contributed by atoms with Gasteiger partial charge in [0.05, 0.1) is 6.17 Å². The molecule has 1 unspecified atom stereocenters. The van der Waals surface area contributed by atoms with Crippen molar-refractivity contribution in [3.05, 3.63) is 0 Å². The Hall–Kier alpha value is 0.137. The van der Waals surface area contributed by atoms with Crippen molar-refractivity contribution in [2.75, 3.05) is 6.54 Å². The summed E-state index contributed by atoms with van der Waals surface area (Å²) in [5.74, 6) is 0. The smallest absolute Gasteiger partial charge is 0.117 e. The fraction of sp³-hybridized carbons (Fsp3) is 1.00. The van der Waals surface area contributed by atoms with E-state index in [0.29, 0.717) is 12.2 Å². The minimum Gasteiger partial charge on any atom is -0.323 e. The Balaban J connectivity index is 4.37. The molecule has 0 spiro atoms. The summed E-state index contributed by atoms with van der Waals surface area (Å²) in [6, 6.07) is 0.633. The molecule has 0 aliphatic carbocycles. The third kappa shape index (κ3) is 5.13. The zero-order valence-electron chi connectivity index (χ0n) is 11.0. The standard InChI is InChI=1S/C11H28N2Si/c1-8-11(12-14(5,6)7)13(9-2)10(3)4/h10-12H,8-9H2,1-7H3. The first-order valence-corrected chi connectivity index (χ1v) is 9.35. The number of nitrogens with one attached hydrogen (secondary N) is 1. The number of rotatable bonds is 6. The van der Waals surface area contributed by atoms with Gasteiger partial charge in [-0.2, -0.15) is 0 Å². The van der Waals surface area contributed by atoms with Crippen LogP contribution in [0.2, 0.25) is 19.6 Å². The van der Waals surface area contributed by atoms with E-state index in [9.17, 15) is 0 Å². The van der Waals surface area contributed by atoms with Crippen LogP contribution in [0.1, 0.15) is 34.1 Å². The number of nitrogens with zero attached hydrogens (tertiary/aromatic N) is 1. The van der Waals surface area contributed by atoms with Crippen LogP contribution in [0.5, 0.6) is 0 Å². The lowest BCUT2D eigenvalue weighted by Gasteiger charge is -2.37. The Morgan fingerprint density at radius 1 is 1.14 bits per heavy atom. The van der Waals surface area contributed by atoms with E-state index < -0.39 is 8.24 Å². The molecule has 0 heterocycles. The Kier molecular flexibility index (Phi) is 5.94. The average molecular weight is 216 g/mol. The van der Waals surface area contributed by atoms with E-state index in [1.807, 2.05) is 0 Å². The molecular weight excluding hydrogens is 188 g/mol. The summed E-state index contributed by atoms with van der Waals surface area (Å²) < 4.78 is 0. The van der Waals surface area contributed by atoms with Crippen molar-refractivity contribution in [3.63, 3.8) is 0 Å². The molecular formula is C11H28N2Si. The first-order chi connectivity index (χ1) is 6.31. The summed E-state index contributed by atoms with van der Waals surface area (Å²) in [6.07, 6.45) is 1.75. The highest BCUT2D eigenvalue weighted by Crippen LogP contribution is 2.09. The van der Waals surface area contributed by atoms with Crippen LogP contribution in [0.25, 0.3) is 0 Å². The zero-order valence-corrected chi connectivity index (χ0v) is 12.0. The maximum atomic E-state index is 3.80. The SMILES string of the molecule is CCC(N[Si](C)(C)C)N(CC)C(C)C. The Morgan fingerprint density at radius 2 is 1.64 bits per heavy atom. The molecule has 14 heavy (non-hydrogen) atoms. The van der Waals surface area contributed by atoms with Gasteiger partial charge in [0, 0.05) is 6.04 Å². The van der Waals surface area contributed by atoms with E-state index in [1.54, 1.807) is 0 Å². The molecule has 0 radical (unpaired) electrons. The van der Waals surface area contributed by atoms with Crippen LogP contribution in [0.15, 0.2) is 0 Å². The maximum Gasteiger partial charge on any atom is 0.117 e. The third-order valence-corrected chi connectivity index (χ3v) is 3.61. The van der Waals surface area contributed by atoms with Crippen molar-refractivity contribution in [1.82, 2.24) is 9.88 Å². The monoisotopic (exact) mass is 216 g/mol. The number of hydrogen-bond donors (Lipinski definition) is 1. The lowest BCUT2D eigenvalue weighted by Crippen LogP contribution is -2.56. The third-order valence-electron chi connectivity index (χ3n) is 2.42. The minimum atomic E-state index is -1.16. The molecule has 0 aromatic heterocycles. The highest BCUT2D eigenvalue weighted by molar-refractivity contribution is 6.73. The first-order valence-electron chi connectivity index (χ1n) is 5.85. The molecule has 0 saturated carbocycles. The molecule has 0 rings (SSSR count). The predicted molar refractivity (Wildman–Crippen MR) is 68.1 cm³/mol. The van der Waals surface area contributed by atoms with Crippen LogP contribution in [-0.4, -0.2) is 31.9 Å². The molecule has 1 N–H and O–H groups in total. The van der Waals surface area contributed by atoms with Crippen molar-refractivity contribution >= 4 is 8.24 Å². The van der Waals surface area contributed by atoms with E-state index in [2.05, 4.69) is 57.2 Å². The summed E-state index contributed by atoms with van der Waals surface area (Å²) in [5.41, 5.74) is 0. The lowest BCUT2D eigenvalue weighted by atomic mass is 10.2. The Bertz CT molecular complexity index is 152. The molecule has 0 bridgehead atoms. The molecule has 0 aromatic rings. The maximum absolute atomic E-state index is 3.80. The minimum absolute atomic E-state index is 0.562.